The van der Waals surface area contributed by atoms with Gasteiger partial charge in [0.15, 0.2) is 0 Å². The number of β-lactam (4-membered cyclic amide) rings is 1. The van der Waals surface area contributed by atoms with Crippen LogP contribution in [0.25, 0.3) is 0 Å². The van der Waals surface area contributed by atoms with Crippen molar-refractivity contribution < 1.29 is 14.4 Å². The number of methoxy groups -OCH3 is 1. The summed E-state index contributed by atoms with van der Waals surface area (Å²) in [6.45, 7) is 4.50. The minimum Gasteiger partial charge on any atom is -0.497 e. The molecule has 1 fully saturated rings. The Morgan fingerprint density at radius 1 is 1.12 bits per heavy atom. The van der Waals surface area contributed by atoms with Crippen LogP contribution < -0.4 is 9.64 Å². The standard InChI is InChI=1S/C28H33N3O3/c1-22(29-34-20-10-19-30-17-8-3-4-9-18-30)21-26-27(23-11-6-5-7-12-23)31(28(26)32)24-13-15-25(33-2)16-14-24/h5-8,11-17,21,27H,3-4,9-10,18-20H2,1-2H3. The van der Waals surface area contributed by atoms with E-state index in [4.69, 9.17) is 9.57 Å². The Balaban J connectivity index is 1.41. The minimum atomic E-state index is -0.165. The van der Waals surface area contributed by atoms with Crippen LogP contribution in [0.1, 0.15) is 44.2 Å². The molecule has 2 aromatic carbocycles. The van der Waals surface area contributed by atoms with Crippen LogP contribution in [0.2, 0.25) is 0 Å². The van der Waals surface area contributed by atoms with E-state index in [-0.39, 0.29) is 11.9 Å². The van der Waals surface area contributed by atoms with Crippen LogP contribution in [0.3, 0.4) is 0 Å². The monoisotopic (exact) mass is 459 g/mol. The molecule has 1 unspecified atom stereocenters. The fraction of sp³-hybridized carbons (Fsp3) is 0.357. The Hall–Kier alpha value is -3.54. The molecule has 6 nitrogen and oxygen atoms in total. The Kier molecular flexibility index (Phi) is 8.02. The maximum atomic E-state index is 13.1. The van der Waals surface area contributed by atoms with Crippen LogP contribution in [0.15, 0.2) is 83.7 Å². The van der Waals surface area contributed by atoms with Crippen molar-refractivity contribution in [2.75, 3.05) is 31.7 Å². The van der Waals surface area contributed by atoms with Crippen molar-refractivity contribution in [1.82, 2.24) is 4.90 Å². The van der Waals surface area contributed by atoms with Gasteiger partial charge in [-0.1, -0.05) is 41.6 Å². The zero-order valence-corrected chi connectivity index (χ0v) is 20.0. The lowest BCUT2D eigenvalue weighted by molar-refractivity contribution is -0.119. The first-order chi connectivity index (χ1) is 16.7. The van der Waals surface area contributed by atoms with E-state index < -0.39 is 0 Å². The van der Waals surface area contributed by atoms with Crippen LogP contribution in [0.4, 0.5) is 5.69 Å². The third kappa shape index (κ3) is 5.68. The summed E-state index contributed by atoms with van der Waals surface area (Å²) in [5, 5.41) is 4.25. The van der Waals surface area contributed by atoms with E-state index in [9.17, 15) is 4.79 Å². The number of rotatable bonds is 9. The highest BCUT2D eigenvalue weighted by atomic mass is 16.6. The summed E-state index contributed by atoms with van der Waals surface area (Å²) in [6, 6.07) is 17.4. The van der Waals surface area contributed by atoms with Crippen LogP contribution in [0.5, 0.6) is 5.75 Å². The van der Waals surface area contributed by atoms with Gasteiger partial charge >= 0.3 is 0 Å². The molecule has 1 saturated heterocycles. The summed E-state index contributed by atoms with van der Waals surface area (Å²) in [6.07, 6.45) is 10.9. The van der Waals surface area contributed by atoms with Gasteiger partial charge in [-0.3, -0.25) is 9.69 Å². The first-order valence-corrected chi connectivity index (χ1v) is 12.0. The van der Waals surface area contributed by atoms with E-state index in [1.54, 1.807) is 7.11 Å². The van der Waals surface area contributed by atoms with E-state index >= 15 is 0 Å². The van der Waals surface area contributed by atoms with Gasteiger partial charge in [0.2, 0.25) is 0 Å². The van der Waals surface area contributed by atoms with Gasteiger partial charge in [0.1, 0.15) is 12.4 Å². The number of amides is 1. The molecule has 0 aromatic heterocycles. The van der Waals surface area contributed by atoms with Gasteiger partial charge in [0, 0.05) is 30.8 Å². The first-order valence-electron chi connectivity index (χ1n) is 12.0. The van der Waals surface area contributed by atoms with Crippen LogP contribution in [-0.2, 0) is 9.63 Å². The lowest BCUT2D eigenvalue weighted by Gasteiger charge is -2.43. The Morgan fingerprint density at radius 2 is 1.91 bits per heavy atom. The molecule has 2 aliphatic rings. The molecule has 0 spiro atoms. The summed E-state index contributed by atoms with van der Waals surface area (Å²) in [4.78, 5) is 22.8. The van der Waals surface area contributed by atoms with Crippen molar-refractivity contribution in [3.05, 3.63) is 84.1 Å². The van der Waals surface area contributed by atoms with E-state index in [2.05, 4.69) is 22.3 Å². The van der Waals surface area contributed by atoms with E-state index in [1.807, 2.05) is 72.5 Å². The summed E-state index contributed by atoms with van der Waals surface area (Å²) in [5.41, 5.74) is 3.29. The molecule has 0 aliphatic carbocycles. The maximum Gasteiger partial charge on any atom is 0.257 e. The van der Waals surface area contributed by atoms with Crippen LogP contribution >= 0.6 is 0 Å². The highest BCUT2D eigenvalue weighted by molar-refractivity contribution is 6.18. The predicted octanol–water partition coefficient (Wildman–Crippen LogP) is 5.49. The van der Waals surface area contributed by atoms with Gasteiger partial charge in [-0.25, -0.2) is 0 Å². The molecule has 2 heterocycles. The second-order valence-electron chi connectivity index (χ2n) is 8.62. The molecule has 0 radical (unpaired) electrons. The number of ether oxygens (including phenoxy) is 1. The number of benzene rings is 2. The van der Waals surface area contributed by atoms with Crippen molar-refractivity contribution in [3.63, 3.8) is 0 Å². The van der Waals surface area contributed by atoms with Gasteiger partial charge < -0.3 is 14.5 Å². The topological polar surface area (TPSA) is 54.4 Å². The summed E-state index contributed by atoms with van der Waals surface area (Å²) in [5.74, 6) is 0.734. The molecule has 0 saturated carbocycles. The molecule has 4 rings (SSSR count). The van der Waals surface area contributed by atoms with Crippen molar-refractivity contribution in [3.8, 4) is 5.75 Å². The van der Waals surface area contributed by atoms with E-state index in [1.165, 1.54) is 19.3 Å². The molecule has 0 N–H and O–H groups in total. The minimum absolute atomic E-state index is 0.0264. The normalized spacial score (nSPS) is 19.7. The molecule has 0 bridgehead atoms. The number of allylic oxidation sites excluding steroid dienone is 2. The number of carbonyl (C=O) groups excluding carboxylic acids is 1. The molecule has 1 amide bonds. The quantitative estimate of drug-likeness (QED) is 0.164. The van der Waals surface area contributed by atoms with Crippen molar-refractivity contribution >= 4 is 17.3 Å². The van der Waals surface area contributed by atoms with Crippen molar-refractivity contribution in [2.45, 2.75) is 38.6 Å². The average molecular weight is 460 g/mol. The summed E-state index contributed by atoms with van der Waals surface area (Å²) < 4.78 is 5.26. The van der Waals surface area contributed by atoms with Gasteiger partial charge in [-0.15, -0.1) is 0 Å². The molecule has 34 heavy (non-hydrogen) atoms. The molecule has 2 aromatic rings. The summed E-state index contributed by atoms with van der Waals surface area (Å²) in [7, 11) is 1.63. The lowest BCUT2D eigenvalue weighted by Crippen LogP contribution is -2.49. The second kappa shape index (κ2) is 11.5. The second-order valence-corrected chi connectivity index (χ2v) is 8.62. The first kappa shape index (κ1) is 23.6. The SMILES string of the molecule is COc1ccc(N2C(=O)C(=CC(C)=NOCCCN3C=CCCCC3)C2c2ccccc2)cc1. The molecule has 2 aliphatic heterocycles. The zero-order valence-electron chi connectivity index (χ0n) is 20.0. The van der Waals surface area contributed by atoms with Gasteiger partial charge in [-0.05, 0) is 68.3 Å². The molecular formula is C28H33N3O3. The smallest absolute Gasteiger partial charge is 0.257 e. The maximum absolute atomic E-state index is 13.1. The van der Waals surface area contributed by atoms with Crippen LogP contribution in [0, 0.1) is 0 Å². The third-order valence-electron chi connectivity index (χ3n) is 6.12. The van der Waals surface area contributed by atoms with Crippen LogP contribution in [-0.4, -0.2) is 43.3 Å². The predicted molar refractivity (Wildman–Crippen MR) is 136 cm³/mol. The Bertz CT molecular complexity index is 1040. The number of hydrogen-bond donors (Lipinski definition) is 0. The van der Waals surface area contributed by atoms with Gasteiger partial charge in [0.05, 0.1) is 18.9 Å². The fourth-order valence-corrected chi connectivity index (χ4v) is 4.35. The highest BCUT2D eigenvalue weighted by Crippen LogP contribution is 2.43. The number of hydrogen-bond acceptors (Lipinski definition) is 5. The largest absolute Gasteiger partial charge is 0.497 e. The number of oxime groups is 1. The number of nitrogens with zero attached hydrogens (tertiary/aromatic N) is 3. The van der Waals surface area contributed by atoms with Gasteiger partial charge in [0.25, 0.3) is 5.91 Å². The van der Waals surface area contributed by atoms with Crippen molar-refractivity contribution in [2.24, 2.45) is 5.16 Å². The fourth-order valence-electron chi connectivity index (χ4n) is 4.35. The van der Waals surface area contributed by atoms with Crippen molar-refractivity contribution in [1.29, 1.82) is 0 Å². The average Bonchev–Trinajstić information content (AvgIpc) is 3.15. The van der Waals surface area contributed by atoms with E-state index in [0.29, 0.717) is 17.9 Å². The lowest BCUT2D eigenvalue weighted by atomic mass is 9.86. The third-order valence-corrected chi connectivity index (χ3v) is 6.12. The molecule has 1 atom stereocenters. The van der Waals surface area contributed by atoms with Gasteiger partial charge in [-0.2, -0.15) is 0 Å². The Morgan fingerprint density at radius 3 is 2.68 bits per heavy atom. The number of carbonyl (C=O) groups is 1. The molecular weight excluding hydrogens is 426 g/mol. The summed E-state index contributed by atoms with van der Waals surface area (Å²) >= 11 is 0. The molecule has 6 heteroatoms. The zero-order chi connectivity index (χ0) is 23.8. The highest BCUT2D eigenvalue weighted by Gasteiger charge is 2.43. The van der Waals surface area contributed by atoms with E-state index in [0.717, 1.165) is 36.5 Å². The molecule has 178 valence electrons. The Labute approximate surface area is 202 Å². The number of anilines is 1.